The maximum Gasteiger partial charge on any atom is 0.122 e. The molecule has 2 rings (SSSR count). The molecule has 0 aliphatic rings. The highest BCUT2D eigenvalue weighted by Crippen LogP contribution is 2.26. The minimum Gasteiger partial charge on any atom is -0.497 e. The van der Waals surface area contributed by atoms with Gasteiger partial charge in [-0.25, -0.2) is 0 Å². The van der Waals surface area contributed by atoms with Gasteiger partial charge in [-0.2, -0.15) is 0 Å². The van der Waals surface area contributed by atoms with E-state index in [1.807, 2.05) is 12.1 Å². The molecule has 23 heavy (non-hydrogen) atoms. The molecule has 0 fully saturated rings. The third-order valence-electron chi connectivity index (χ3n) is 4.13. The van der Waals surface area contributed by atoms with Gasteiger partial charge in [0.1, 0.15) is 11.5 Å². The first-order valence-electron chi connectivity index (χ1n) is 7.72. The first-order valence-corrected chi connectivity index (χ1v) is 7.72. The Morgan fingerprint density at radius 2 is 1.70 bits per heavy atom. The maximum absolute atomic E-state index is 10.4. The zero-order chi connectivity index (χ0) is 16.8. The Morgan fingerprint density at radius 1 is 1.04 bits per heavy atom. The fourth-order valence-corrected chi connectivity index (χ4v) is 2.49. The Bertz CT molecular complexity index is 633. The normalized spacial score (nSPS) is 12.0. The van der Waals surface area contributed by atoms with Crippen molar-refractivity contribution in [2.75, 3.05) is 20.8 Å². The van der Waals surface area contributed by atoms with Gasteiger partial charge in [-0.3, -0.25) is 0 Å². The standard InChI is InChI=1S/C19H25NO3/c1-13-6-5-7-15(14(13)2)11-20-12-19(21)16-8-17(22-3)10-18(9-16)23-4/h5-10,19-21H,11-12H2,1-4H3. The zero-order valence-electron chi connectivity index (χ0n) is 14.2. The molecule has 0 saturated carbocycles. The second-order valence-electron chi connectivity index (χ2n) is 5.65. The van der Waals surface area contributed by atoms with Crippen molar-refractivity contribution in [2.24, 2.45) is 0 Å². The van der Waals surface area contributed by atoms with Crippen LogP contribution in [0.25, 0.3) is 0 Å². The summed E-state index contributed by atoms with van der Waals surface area (Å²) in [7, 11) is 3.20. The lowest BCUT2D eigenvalue weighted by atomic mass is 10.0. The molecule has 0 aromatic heterocycles. The van der Waals surface area contributed by atoms with E-state index in [1.165, 1.54) is 16.7 Å². The van der Waals surface area contributed by atoms with Crippen LogP contribution in [0, 0.1) is 13.8 Å². The lowest BCUT2D eigenvalue weighted by molar-refractivity contribution is 0.173. The average molecular weight is 315 g/mol. The van der Waals surface area contributed by atoms with Crippen molar-refractivity contribution in [3.8, 4) is 11.5 Å². The van der Waals surface area contributed by atoms with Crippen LogP contribution in [0.2, 0.25) is 0 Å². The number of aliphatic hydroxyl groups excluding tert-OH is 1. The third kappa shape index (κ3) is 4.47. The Morgan fingerprint density at radius 3 is 2.30 bits per heavy atom. The van der Waals surface area contributed by atoms with Gasteiger partial charge < -0.3 is 19.9 Å². The summed E-state index contributed by atoms with van der Waals surface area (Å²) < 4.78 is 10.5. The molecule has 2 N–H and O–H groups in total. The van der Waals surface area contributed by atoms with E-state index in [0.717, 1.165) is 12.1 Å². The quantitative estimate of drug-likeness (QED) is 0.824. The number of ether oxygens (including phenoxy) is 2. The molecule has 0 amide bonds. The van der Waals surface area contributed by atoms with Crippen LogP contribution in [0.15, 0.2) is 36.4 Å². The van der Waals surface area contributed by atoms with Crippen molar-refractivity contribution in [1.82, 2.24) is 5.32 Å². The molecule has 0 aliphatic carbocycles. The van der Waals surface area contributed by atoms with E-state index in [0.29, 0.717) is 18.0 Å². The Balaban J connectivity index is 1.99. The third-order valence-corrected chi connectivity index (χ3v) is 4.13. The molecule has 4 nitrogen and oxygen atoms in total. The fraction of sp³-hybridized carbons (Fsp3) is 0.368. The number of nitrogens with one attached hydrogen (secondary N) is 1. The second kappa shape index (κ2) is 7.99. The van der Waals surface area contributed by atoms with Gasteiger partial charge in [0, 0.05) is 19.2 Å². The van der Waals surface area contributed by atoms with Crippen LogP contribution in [-0.2, 0) is 6.54 Å². The van der Waals surface area contributed by atoms with Gasteiger partial charge in [0.15, 0.2) is 0 Å². The van der Waals surface area contributed by atoms with Crippen LogP contribution in [0.4, 0.5) is 0 Å². The lowest BCUT2D eigenvalue weighted by Gasteiger charge is -2.16. The number of aliphatic hydroxyl groups is 1. The number of rotatable bonds is 7. The van der Waals surface area contributed by atoms with Crippen LogP contribution in [0.5, 0.6) is 11.5 Å². The summed E-state index contributed by atoms with van der Waals surface area (Å²) in [5, 5.41) is 13.7. The maximum atomic E-state index is 10.4. The number of hydrogen-bond donors (Lipinski definition) is 2. The Labute approximate surface area is 138 Å². The van der Waals surface area contributed by atoms with E-state index in [4.69, 9.17) is 9.47 Å². The van der Waals surface area contributed by atoms with Gasteiger partial charge in [0.25, 0.3) is 0 Å². The first kappa shape index (κ1) is 17.3. The number of benzene rings is 2. The van der Waals surface area contributed by atoms with Crippen molar-refractivity contribution in [2.45, 2.75) is 26.5 Å². The molecule has 0 spiro atoms. The molecule has 0 heterocycles. The largest absolute Gasteiger partial charge is 0.497 e. The summed E-state index contributed by atoms with van der Waals surface area (Å²) in [4.78, 5) is 0. The molecule has 2 aromatic rings. The van der Waals surface area contributed by atoms with Crippen LogP contribution in [0.1, 0.15) is 28.4 Å². The van der Waals surface area contributed by atoms with Crippen LogP contribution in [0.3, 0.4) is 0 Å². The second-order valence-corrected chi connectivity index (χ2v) is 5.65. The molecule has 0 bridgehead atoms. The smallest absolute Gasteiger partial charge is 0.122 e. The summed E-state index contributed by atoms with van der Waals surface area (Å²) in [5.74, 6) is 1.35. The van der Waals surface area contributed by atoms with Gasteiger partial charge in [0.05, 0.1) is 20.3 Å². The molecule has 1 atom stereocenters. The molecule has 124 valence electrons. The molecule has 0 radical (unpaired) electrons. The fourth-order valence-electron chi connectivity index (χ4n) is 2.49. The topological polar surface area (TPSA) is 50.7 Å². The van der Waals surface area contributed by atoms with Gasteiger partial charge >= 0.3 is 0 Å². The summed E-state index contributed by atoms with van der Waals surface area (Å²) in [6.45, 7) is 5.42. The van der Waals surface area contributed by atoms with Crippen LogP contribution in [-0.4, -0.2) is 25.9 Å². The lowest BCUT2D eigenvalue weighted by Crippen LogP contribution is -2.21. The van der Waals surface area contributed by atoms with Crippen molar-refractivity contribution < 1.29 is 14.6 Å². The predicted molar refractivity (Wildman–Crippen MR) is 92.1 cm³/mol. The molecular weight excluding hydrogens is 290 g/mol. The Hall–Kier alpha value is -2.04. The average Bonchev–Trinajstić information content (AvgIpc) is 2.57. The SMILES string of the molecule is COc1cc(OC)cc(C(O)CNCc2cccc(C)c2C)c1. The van der Waals surface area contributed by atoms with Crippen LogP contribution >= 0.6 is 0 Å². The molecule has 4 heteroatoms. The summed E-state index contributed by atoms with van der Waals surface area (Å²) in [6.07, 6.45) is -0.621. The van der Waals surface area contributed by atoms with Crippen molar-refractivity contribution in [3.05, 3.63) is 58.7 Å². The minimum atomic E-state index is -0.621. The number of hydrogen-bond acceptors (Lipinski definition) is 4. The summed E-state index contributed by atoms with van der Waals surface area (Å²) in [6, 6.07) is 11.7. The van der Waals surface area contributed by atoms with E-state index < -0.39 is 6.10 Å². The predicted octanol–water partition coefficient (Wildman–Crippen LogP) is 3.14. The van der Waals surface area contributed by atoms with Crippen molar-refractivity contribution in [1.29, 1.82) is 0 Å². The number of aryl methyl sites for hydroxylation is 1. The molecule has 0 aliphatic heterocycles. The highest BCUT2D eigenvalue weighted by Gasteiger charge is 2.11. The van der Waals surface area contributed by atoms with E-state index in [9.17, 15) is 5.11 Å². The van der Waals surface area contributed by atoms with E-state index in [-0.39, 0.29) is 0 Å². The van der Waals surface area contributed by atoms with E-state index >= 15 is 0 Å². The minimum absolute atomic E-state index is 0.462. The van der Waals surface area contributed by atoms with Gasteiger partial charge in [0.2, 0.25) is 0 Å². The van der Waals surface area contributed by atoms with Gasteiger partial charge in [-0.1, -0.05) is 18.2 Å². The summed E-state index contributed by atoms with van der Waals surface area (Å²) in [5.41, 5.74) is 4.59. The molecule has 0 saturated heterocycles. The molecule has 1 unspecified atom stereocenters. The first-order chi connectivity index (χ1) is 11.0. The van der Waals surface area contributed by atoms with Gasteiger partial charge in [-0.05, 0) is 48.2 Å². The molecule has 2 aromatic carbocycles. The van der Waals surface area contributed by atoms with Crippen molar-refractivity contribution in [3.63, 3.8) is 0 Å². The highest BCUT2D eigenvalue weighted by molar-refractivity contribution is 5.39. The highest BCUT2D eigenvalue weighted by atomic mass is 16.5. The Kier molecular flexibility index (Phi) is 6.02. The number of methoxy groups -OCH3 is 2. The molecular formula is C19H25NO3. The summed E-state index contributed by atoms with van der Waals surface area (Å²) >= 11 is 0. The monoisotopic (exact) mass is 315 g/mol. The van der Waals surface area contributed by atoms with E-state index in [1.54, 1.807) is 20.3 Å². The van der Waals surface area contributed by atoms with Crippen molar-refractivity contribution >= 4 is 0 Å². The van der Waals surface area contributed by atoms with Crippen LogP contribution < -0.4 is 14.8 Å². The zero-order valence-corrected chi connectivity index (χ0v) is 14.2. The van der Waals surface area contributed by atoms with E-state index in [2.05, 4.69) is 37.4 Å². The van der Waals surface area contributed by atoms with Gasteiger partial charge in [-0.15, -0.1) is 0 Å².